The van der Waals surface area contributed by atoms with Crippen LogP contribution in [0.15, 0.2) is 71.5 Å². The van der Waals surface area contributed by atoms with Gasteiger partial charge in [0.05, 0.1) is 23.3 Å². The van der Waals surface area contributed by atoms with Crippen molar-refractivity contribution in [2.24, 2.45) is 0 Å². The molecule has 0 saturated carbocycles. The third kappa shape index (κ3) is 5.68. The van der Waals surface area contributed by atoms with Crippen molar-refractivity contribution in [1.82, 2.24) is 9.55 Å². The Labute approximate surface area is 223 Å². The van der Waals surface area contributed by atoms with Crippen LogP contribution in [0.25, 0.3) is 22.3 Å². The number of rotatable bonds is 9. The lowest BCUT2D eigenvalue weighted by Crippen LogP contribution is -2.24. The molecule has 0 unspecified atom stereocenters. The Kier molecular flexibility index (Phi) is 8.38. The highest BCUT2D eigenvalue weighted by Gasteiger charge is 2.19. The molecular weight excluding hydrogens is 477 g/mol. The van der Waals surface area contributed by atoms with Crippen LogP contribution in [0.5, 0.6) is 5.75 Å². The van der Waals surface area contributed by atoms with E-state index in [0.29, 0.717) is 36.1 Å². The Balaban J connectivity index is 1.77. The van der Waals surface area contributed by atoms with Gasteiger partial charge in [-0.25, -0.2) is 4.39 Å². The number of nitrogens with zero attached hydrogens (tertiary/aromatic N) is 3. The first-order chi connectivity index (χ1) is 18.4. The Morgan fingerprint density at radius 2 is 1.74 bits per heavy atom. The standard InChI is InChI=1S/C32H32FN3O2/c1-5-9-30-35-32(37)31(24-16-17-29(27(33)18-24)38-21(3)4)28(6-2)36(30)20-22-12-14-23(15-13-22)26-11-8-7-10-25(26)19-34/h7-8,10-18,21H,5-6,9,20H2,1-4H3. The summed E-state index contributed by atoms with van der Waals surface area (Å²) in [6.45, 7) is 8.26. The zero-order valence-corrected chi connectivity index (χ0v) is 22.3. The summed E-state index contributed by atoms with van der Waals surface area (Å²) in [5.41, 5.74) is 4.92. The lowest BCUT2D eigenvalue weighted by molar-refractivity contribution is 0.231. The average Bonchev–Trinajstić information content (AvgIpc) is 2.91. The van der Waals surface area contributed by atoms with Gasteiger partial charge in [-0.15, -0.1) is 0 Å². The molecule has 194 valence electrons. The van der Waals surface area contributed by atoms with Gasteiger partial charge in [0.1, 0.15) is 5.82 Å². The van der Waals surface area contributed by atoms with Crippen LogP contribution < -0.4 is 10.3 Å². The molecule has 5 nitrogen and oxygen atoms in total. The zero-order chi connectivity index (χ0) is 27.2. The zero-order valence-electron chi connectivity index (χ0n) is 22.3. The van der Waals surface area contributed by atoms with Crippen molar-refractivity contribution in [3.63, 3.8) is 0 Å². The molecule has 0 aliphatic heterocycles. The van der Waals surface area contributed by atoms with Gasteiger partial charge in [0.25, 0.3) is 5.56 Å². The molecular formula is C32H32FN3O2. The molecule has 0 atom stereocenters. The summed E-state index contributed by atoms with van der Waals surface area (Å²) in [5, 5.41) is 9.46. The van der Waals surface area contributed by atoms with Crippen molar-refractivity contribution >= 4 is 0 Å². The molecule has 0 N–H and O–H groups in total. The van der Waals surface area contributed by atoms with E-state index in [1.165, 1.54) is 6.07 Å². The minimum absolute atomic E-state index is 0.159. The van der Waals surface area contributed by atoms with Crippen molar-refractivity contribution in [1.29, 1.82) is 5.26 Å². The number of benzene rings is 3. The van der Waals surface area contributed by atoms with E-state index in [2.05, 4.69) is 22.5 Å². The van der Waals surface area contributed by atoms with Crippen LogP contribution in [-0.2, 0) is 19.4 Å². The van der Waals surface area contributed by atoms with Crippen molar-refractivity contribution < 1.29 is 9.13 Å². The SMILES string of the molecule is CCCc1nc(=O)c(-c2ccc(OC(C)C)c(F)c2)c(CC)n1Cc1ccc(-c2ccccc2C#N)cc1. The molecule has 0 aliphatic carbocycles. The fourth-order valence-electron chi connectivity index (χ4n) is 4.72. The van der Waals surface area contributed by atoms with Crippen molar-refractivity contribution in [3.05, 3.63) is 106 Å². The topological polar surface area (TPSA) is 67.9 Å². The molecule has 1 aromatic heterocycles. The van der Waals surface area contributed by atoms with Gasteiger partial charge < -0.3 is 9.30 Å². The van der Waals surface area contributed by atoms with Gasteiger partial charge >= 0.3 is 0 Å². The molecule has 3 aromatic carbocycles. The second kappa shape index (κ2) is 11.9. The van der Waals surface area contributed by atoms with Gasteiger partial charge in [-0.05, 0) is 67.1 Å². The van der Waals surface area contributed by atoms with Gasteiger partial charge in [0.15, 0.2) is 11.6 Å². The Morgan fingerprint density at radius 1 is 1.03 bits per heavy atom. The maximum Gasteiger partial charge on any atom is 0.281 e. The molecule has 0 fully saturated rings. The van der Waals surface area contributed by atoms with Crippen molar-refractivity contribution in [2.75, 3.05) is 0 Å². The molecule has 0 radical (unpaired) electrons. The highest BCUT2D eigenvalue weighted by Crippen LogP contribution is 2.29. The second-order valence-corrected chi connectivity index (χ2v) is 9.51. The van der Waals surface area contributed by atoms with E-state index in [4.69, 9.17) is 4.74 Å². The van der Waals surface area contributed by atoms with E-state index in [0.717, 1.165) is 34.6 Å². The van der Waals surface area contributed by atoms with Crippen LogP contribution in [0.2, 0.25) is 0 Å². The van der Waals surface area contributed by atoms with E-state index in [9.17, 15) is 14.4 Å². The van der Waals surface area contributed by atoms with E-state index in [-0.39, 0.29) is 17.4 Å². The quantitative estimate of drug-likeness (QED) is 0.245. The Bertz CT molecular complexity index is 1530. The average molecular weight is 510 g/mol. The summed E-state index contributed by atoms with van der Waals surface area (Å²) in [6.07, 6.45) is 1.93. The summed E-state index contributed by atoms with van der Waals surface area (Å²) < 4.78 is 22.5. The highest BCUT2D eigenvalue weighted by atomic mass is 19.1. The molecule has 6 heteroatoms. The number of aromatic nitrogens is 2. The van der Waals surface area contributed by atoms with Crippen molar-refractivity contribution in [2.45, 2.75) is 59.6 Å². The minimum Gasteiger partial charge on any atom is -0.488 e. The number of ether oxygens (including phenoxy) is 1. The first-order valence-corrected chi connectivity index (χ1v) is 13.0. The van der Waals surface area contributed by atoms with Gasteiger partial charge in [-0.3, -0.25) is 4.79 Å². The molecule has 1 heterocycles. The van der Waals surface area contributed by atoms with Crippen LogP contribution >= 0.6 is 0 Å². The molecule has 0 spiro atoms. The molecule has 4 aromatic rings. The molecule has 0 saturated heterocycles. The minimum atomic E-state index is -0.505. The molecule has 0 bridgehead atoms. The lowest BCUT2D eigenvalue weighted by Gasteiger charge is -2.21. The summed E-state index contributed by atoms with van der Waals surface area (Å²) >= 11 is 0. The fraction of sp³-hybridized carbons (Fsp3) is 0.281. The van der Waals surface area contributed by atoms with E-state index in [1.807, 2.05) is 69.3 Å². The van der Waals surface area contributed by atoms with Gasteiger partial charge in [0, 0.05) is 18.7 Å². The molecule has 0 aliphatic rings. The van der Waals surface area contributed by atoms with E-state index in [1.54, 1.807) is 12.1 Å². The van der Waals surface area contributed by atoms with Gasteiger partial charge in [-0.2, -0.15) is 10.2 Å². The number of hydrogen-bond donors (Lipinski definition) is 0. The van der Waals surface area contributed by atoms with Gasteiger partial charge in [0.2, 0.25) is 0 Å². The highest BCUT2D eigenvalue weighted by molar-refractivity contribution is 5.70. The molecule has 38 heavy (non-hydrogen) atoms. The van der Waals surface area contributed by atoms with Crippen LogP contribution in [0.4, 0.5) is 4.39 Å². The Hall–Kier alpha value is -4.24. The fourth-order valence-corrected chi connectivity index (χ4v) is 4.72. The van der Waals surface area contributed by atoms with Gasteiger partial charge in [-0.1, -0.05) is 62.4 Å². The number of hydrogen-bond acceptors (Lipinski definition) is 4. The summed E-state index contributed by atoms with van der Waals surface area (Å²) in [6, 6.07) is 22.5. The normalized spacial score (nSPS) is 11.0. The van der Waals surface area contributed by atoms with Crippen LogP contribution in [-0.4, -0.2) is 15.7 Å². The smallest absolute Gasteiger partial charge is 0.281 e. The first kappa shape index (κ1) is 26.8. The largest absolute Gasteiger partial charge is 0.488 e. The predicted molar refractivity (Wildman–Crippen MR) is 149 cm³/mol. The second-order valence-electron chi connectivity index (χ2n) is 9.51. The van der Waals surface area contributed by atoms with Crippen molar-refractivity contribution in [3.8, 4) is 34.1 Å². The summed E-state index contributed by atoms with van der Waals surface area (Å²) in [5.74, 6) is 0.378. The first-order valence-electron chi connectivity index (χ1n) is 13.0. The monoisotopic (exact) mass is 509 g/mol. The third-order valence-electron chi connectivity index (χ3n) is 6.42. The van der Waals surface area contributed by atoms with E-state index >= 15 is 0 Å². The third-order valence-corrected chi connectivity index (χ3v) is 6.42. The Morgan fingerprint density at radius 3 is 2.37 bits per heavy atom. The van der Waals surface area contributed by atoms with Crippen LogP contribution in [0.3, 0.4) is 0 Å². The maximum atomic E-state index is 14.9. The molecule has 0 amide bonds. The van der Waals surface area contributed by atoms with Crippen LogP contribution in [0, 0.1) is 17.1 Å². The lowest BCUT2D eigenvalue weighted by atomic mass is 9.99. The predicted octanol–water partition coefficient (Wildman–Crippen LogP) is 6.94. The number of nitriles is 1. The van der Waals surface area contributed by atoms with Crippen LogP contribution in [0.1, 0.15) is 56.8 Å². The van der Waals surface area contributed by atoms with E-state index < -0.39 is 5.82 Å². The number of halogens is 1. The summed E-state index contributed by atoms with van der Waals surface area (Å²) in [7, 11) is 0. The summed E-state index contributed by atoms with van der Waals surface area (Å²) in [4.78, 5) is 17.7. The maximum absolute atomic E-state index is 14.9. The molecule has 4 rings (SSSR count). The number of aryl methyl sites for hydroxylation is 1.